The van der Waals surface area contributed by atoms with E-state index in [4.69, 9.17) is 10.5 Å². The number of ketones is 2. The molecule has 0 spiro atoms. The van der Waals surface area contributed by atoms with Gasteiger partial charge in [0.15, 0.2) is 0 Å². The average molecular weight is 321 g/mol. The zero-order valence-electron chi connectivity index (χ0n) is 13.3. The van der Waals surface area contributed by atoms with Crippen molar-refractivity contribution >= 4 is 23.0 Å². The number of carbonyl (C=O) groups is 2. The highest BCUT2D eigenvalue weighted by molar-refractivity contribution is 6.50. The first-order chi connectivity index (χ1) is 11.6. The summed E-state index contributed by atoms with van der Waals surface area (Å²) < 4.78 is 5.75. The van der Waals surface area contributed by atoms with Crippen LogP contribution in [0.1, 0.15) is 34.3 Å². The van der Waals surface area contributed by atoms with Gasteiger partial charge >= 0.3 is 0 Å². The Morgan fingerprint density at radius 3 is 2.33 bits per heavy atom. The van der Waals surface area contributed by atoms with Crippen molar-refractivity contribution in [1.29, 1.82) is 0 Å². The largest absolute Gasteiger partial charge is 0.493 e. The molecule has 0 amide bonds. The van der Waals surface area contributed by atoms with Gasteiger partial charge in [0, 0.05) is 22.9 Å². The van der Waals surface area contributed by atoms with Crippen molar-refractivity contribution < 1.29 is 14.3 Å². The molecule has 1 aliphatic carbocycles. The number of nitrogens with two attached hydrogens (primary N) is 1. The lowest BCUT2D eigenvalue weighted by Crippen LogP contribution is -2.19. The number of anilines is 1. The number of ether oxygens (including phenoxy) is 1. The van der Waals surface area contributed by atoms with Crippen molar-refractivity contribution in [1.82, 2.24) is 0 Å². The molecule has 0 aliphatic heterocycles. The van der Waals surface area contributed by atoms with Crippen LogP contribution in [0.25, 0.3) is 5.76 Å². The molecule has 0 saturated carbocycles. The van der Waals surface area contributed by atoms with Crippen molar-refractivity contribution in [2.45, 2.75) is 19.3 Å². The number of carbonyl (C=O) groups excluding carboxylic acids is 2. The van der Waals surface area contributed by atoms with Gasteiger partial charge in [-0.2, -0.15) is 0 Å². The molecule has 0 aromatic heterocycles. The minimum absolute atomic E-state index is 0.418. The van der Waals surface area contributed by atoms with Crippen LogP contribution in [0.15, 0.2) is 54.6 Å². The Kier molecular flexibility index (Phi) is 4.75. The van der Waals surface area contributed by atoms with E-state index in [0.29, 0.717) is 23.5 Å². The highest BCUT2D eigenvalue weighted by Gasteiger charge is 2.26. The van der Waals surface area contributed by atoms with E-state index in [-0.39, 0.29) is 0 Å². The average Bonchev–Trinajstić information content (AvgIpc) is 2.60. The maximum atomic E-state index is 11.9. The Bertz CT molecular complexity index is 791. The molecule has 2 N–H and O–H groups in total. The molecular weight excluding hydrogens is 302 g/mol. The number of hydrogen-bond acceptors (Lipinski definition) is 4. The van der Waals surface area contributed by atoms with Crippen molar-refractivity contribution in [3.63, 3.8) is 0 Å². The molecular formula is C20H19NO3. The van der Waals surface area contributed by atoms with E-state index in [1.807, 2.05) is 30.3 Å². The third-order valence-electron chi connectivity index (χ3n) is 4.02. The van der Waals surface area contributed by atoms with Crippen molar-refractivity contribution in [2.75, 3.05) is 12.3 Å². The molecule has 0 atom stereocenters. The maximum Gasteiger partial charge on any atom is 0.233 e. The van der Waals surface area contributed by atoms with Gasteiger partial charge in [0.05, 0.1) is 6.61 Å². The summed E-state index contributed by atoms with van der Waals surface area (Å²) in [5, 5.41) is 0. The van der Waals surface area contributed by atoms with Gasteiger partial charge in [-0.1, -0.05) is 36.4 Å². The van der Waals surface area contributed by atoms with E-state index in [1.165, 1.54) is 11.6 Å². The lowest BCUT2D eigenvalue weighted by atomic mass is 9.94. The molecule has 1 aliphatic rings. The quantitative estimate of drug-likeness (QED) is 0.503. The summed E-state index contributed by atoms with van der Waals surface area (Å²) in [5.74, 6) is -0.505. The van der Waals surface area contributed by atoms with E-state index in [2.05, 4.69) is 0 Å². The van der Waals surface area contributed by atoms with Crippen molar-refractivity contribution in [3.8, 4) is 0 Å². The molecule has 24 heavy (non-hydrogen) atoms. The zero-order chi connectivity index (χ0) is 16.9. The third kappa shape index (κ3) is 3.54. The molecule has 2 aromatic carbocycles. The zero-order valence-corrected chi connectivity index (χ0v) is 13.3. The summed E-state index contributed by atoms with van der Waals surface area (Å²) in [6.07, 6.45) is 4.10. The third-order valence-corrected chi connectivity index (χ3v) is 4.02. The van der Waals surface area contributed by atoms with Gasteiger partial charge in [-0.05, 0) is 37.0 Å². The summed E-state index contributed by atoms with van der Waals surface area (Å²) in [6, 6.07) is 14.9. The van der Waals surface area contributed by atoms with Gasteiger partial charge < -0.3 is 10.5 Å². The molecule has 0 fully saturated rings. The number of unbranched alkanes of at least 4 members (excludes halogenated alkanes) is 1. The predicted molar refractivity (Wildman–Crippen MR) is 93.5 cm³/mol. The maximum absolute atomic E-state index is 11.9. The highest BCUT2D eigenvalue weighted by Crippen LogP contribution is 2.26. The monoisotopic (exact) mass is 321 g/mol. The smallest absolute Gasteiger partial charge is 0.233 e. The van der Waals surface area contributed by atoms with Gasteiger partial charge in [0.1, 0.15) is 5.76 Å². The Balaban J connectivity index is 1.53. The van der Waals surface area contributed by atoms with Crippen molar-refractivity contribution in [3.05, 3.63) is 71.3 Å². The summed E-state index contributed by atoms with van der Waals surface area (Å²) in [5.41, 5.74) is 8.79. The predicted octanol–water partition coefficient (Wildman–Crippen LogP) is 3.41. The van der Waals surface area contributed by atoms with E-state index < -0.39 is 11.6 Å². The minimum Gasteiger partial charge on any atom is -0.493 e. The van der Waals surface area contributed by atoms with E-state index in [0.717, 1.165) is 24.9 Å². The second-order valence-corrected chi connectivity index (χ2v) is 5.79. The van der Waals surface area contributed by atoms with Gasteiger partial charge in [-0.15, -0.1) is 0 Å². The Hall–Kier alpha value is -2.88. The molecule has 4 nitrogen and oxygen atoms in total. The number of fused-ring (bicyclic) bond motifs is 1. The summed E-state index contributed by atoms with van der Waals surface area (Å²) in [6.45, 7) is 0.511. The first-order valence-corrected chi connectivity index (χ1v) is 8.02. The second-order valence-electron chi connectivity index (χ2n) is 5.79. The number of allylic oxidation sites excluding steroid dienone is 1. The summed E-state index contributed by atoms with van der Waals surface area (Å²) in [7, 11) is 0. The number of aryl methyl sites for hydroxylation is 1. The van der Waals surface area contributed by atoms with E-state index in [9.17, 15) is 9.59 Å². The molecule has 2 aromatic rings. The van der Waals surface area contributed by atoms with Crippen molar-refractivity contribution in [2.24, 2.45) is 0 Å². The Morgan fingerprint density at radius 1 is 0.875 bits per heavy atom. The molecule has 0 saturated heterocycles. The fourth-order valence-corrected chi connectivity index (χ4v) is 2.71. The van der Waals surface area contributed by atoms with Gasteiger partial charge in [-0.25, -0.2) is 0 Å². The molecule has 4 heteroatoms. The molecule has 0 radical (unpaired) electrons. The molecule has 0 bridgehead atoms. The lowest BCUT2D eigenvalue weighted by Gasteiger charge is -2.16. The van der Waals surface area contributed by atoms with Crippen LogP contribution in [0.4, 0.5) is 5.69 Å². The van der Waals surface area contributed by atoms with Gasteiger partial charge in [0.2, 0.25) is 11.6 Å². The van der Waals surface area contributed by atoms with Crippen LogP contribution in [0, 0.1) is 0 Å². The summed E-state index contributed by atoms with van der Waals surface area (Å²) in [4.78, 5) is 23.6. The van der Waals surface area contributed by atoms with E-state index >= 15 is 0 Å². The molecule has 122 valence electrons. The fraction of sp³-hybridized carbons (Fsp3) is 0.200. The molecule has 0 heterocycles. The van der Waals surface area contributed by atoms with Gasteiger partial charge in [-0.3, -0.25) is 9.59 Å². The Morgan fingerprint density at radius 2 is 1.58 bits per heavy atom. The highest BCUT2D eigenvalue weighted by atomic mass is 16.5. The van der Waals surface area contributed by atoms with E-state index in [1.54, 1.807) is 18.2 Å². The Labute approximate surface area is 140 Å². The van der Waals surface area contributed by atoms with Crippen LogP contribution in [0.3, 0.4) is 0 Å². The van der Waals surface area contributed by atoms with Crippen LogP contribution >= 0.6 is 0 Å². The summed E-state index contributed by atoms with van der Waals surface area (Å²) >= 11 is 0. The van der Waals surface area contributed by atoms with Gasteiger partial charge in [0.25, 0.3) is 0 Å². The minimum atomic E-state index is -0.523. The first kappa shape index (κ1) is 16.0. The number of nitrogen functional groups attached to an aromatic ring is 1. The molecule has 0 unspecified atom stereocenters. The SMILES string of the molecule is Nc1ccc(CCCCOC2=CC(=O)C(=O)c3ccccc32)cc1. The molecule has 3 rings (SSSR count). The van der Waals surface area contributed by atoms with Crippen LogP contribution < -0.4 is 5.73 Å². The fourth-order valence-electron chi connectivity index (χ4n) is 2.71. The number of benzene rings is 2. The standard InChI is InChI=1S/C20H19NO3/c21-15-10-8-14(9-11-15)5-3-4-12-24-19-13-18(22)20(23)17-7-2-1-6-16(17)19/h1-2,6-11,13H,3-5,12,21H2. The van der Waals surface area contributed by atoms with Crippen LogP contribution in [0.5, 0.6) is 0 Å². The first-order valence-electron chi connectivity index (χ1n) is 8.02. The van der Waals surface area contributed by atoms with Crippen LogP contribution in [-0.4, -0.2) is 18.2 Å². The lowest BCUT2D eigenvalue weighted by molar-refractivity contribution is -0.111. The van der Waals surface area contributed by atoms with Crippen LogP contribution in [0.2, 0.25) is 0 Å². The number of hydrogen-bond donors (Lipinski definition) is 1. The number of Topliss-reactive ketones (excluding diaryl/α,β-unsaturated/α-hetero) is 1. The second kappa shape index (κ2) is 7.13. The topological polar surface area (TPSA) is 69.4 Å². The number of rotatable bonds is 6. The van der Waals surface area contributed by atoms with Crippen LogP contribution in [-0.2, 0) is 16.0 Å². The normalized spacial score (nSPS) is 13.4.